The van der Waals surface area contributed by atoms with Gasteiger partial charge < -0.3 is 29.7 Å². The number of H-pyrrole nitrogens is 3. The predicted molar refractivity (Wildman–Crippen MR) is 337 cm³/mol. The van der Waals surface area contributed by atoms with Gasteiger partial charge in [0.1, 0.15) is 28.6 Å². The molecule has 11 heterocycles. The van der Waals surface area contributed by atoms with E-state index in [1.54, 1.807) is 70.5 Å². The van der Waals surface area contributed by atoms with E-state index in [1.807, 2.05) is 91.4 Å². The van der Waals surface area contributed by atoms with Crippen molar-refractivity contribution < 1.29 is 35.5 Å². The van der Waals surface area contributed by atoms with Gasteiger partial charge in [0.2, 0.25) is 33.7 Å². The highest BCUT2D eigenvalue weighted by atomic mass is 35.5. The molecule has 0 radical (unpaired) electrons. The summed E-state index contributed by atoms with van der Waals surface area (Å²) in [7, 11) is -0.538. The fourth-order valence-electron chi connectivity index (χ4n) is 9.73. The average molecular weight is 1270 g/mol. The van der Waals surface area contributed by atoms with Crippen LogP contribution in [0.1, 0.15) is 74.8 Å². The Labute approximate surface area is 519 Å². The molecule has 0 fully saturated rings. The monoisotopic (exact) mass is 1260 g/mol. The van der Waals surface area contributed by atoms with Crippen LogP contribution in [-0.4, -0.2) is 83.2 Å². The zero-order valence-electron chi connectivity index (χ0n) is 48.4. The smallest absolute Gasteiger partial charge is 0.232 e. The highest BCUT2D eigenvalue weighted by Crippen LogP contribution is 2.28. The molecule has 0 bridgehead atoms. The van der Waals surface area contributed by atoms with Crippen molar-refractivity contribution in [2.75, 3.05) is 30.0 Å². The van der Waals surface area contributed by atoms with Crippen molar-refractivity contribution in [3.8, 4) is 11.8 Å². The van der Waals surface area contributed by atoms with Crippen LogP contribution in [0, 0.1) is 23.5 Å². The van der Waals surface area contributed by atoms with E-state index in [1.165, 1.54) is 0 Å². The molecule has 12 aromatic rings. The molecule has 0 aliphatic carbocycles. The van der Waals surface area contributed by atoms with Gasteiger partial charge in [-0.1, -0.05) is 60.5 Å². The van der Waals surface area contributed by atoms with E-state index in [2.05, 4.69) is 64.9 Å². The Morgan fingerprint density at radius 2 is 1.07 bits per heavy atom. The van der Waals surface area contributed by atoms with E-state index in [0.29, 0.717) is 83.0 Å². The van der Waals surface area contributed by atoms with Crippen LogP contribution in [0.15, 0.2) is 153 Å². The number of anilines is 2. The maximum Gasteiger partial charge on any atom is 0.232 e. The first-order valence-electron chi connectivity index (χ1n) is 28.2. The molecule has 0 saturated heterocycles. The van der Waals surface area contributed by atoms with Crippen molar-refractivity contribution in [1.29, 1.82) is 0 Å². The predicted octanol–water partition coefficient (Wildman–Crippen LogP) is 13.7. The summed E-state index contributed by atoms with van der Waals surface area (Å²) >= 11 is 12.1. The van der Waals surface area contributed by atoms with Crippen LogP contribution >= 0.6 is 23.2 Å². The number of benzene rings is 1. The van der Waals surface area contributed by atoms with Crippen LogP contribution in [0.5, 0.6) is 11.8 Å². The minimum absolute atomic E-state index is 0.157. The number of sulfonamides is 1. The summed E-state index contributed by atoms with van der Waals surface area (Å²) in [4.78, 5) is 43.0. The number of pyridine rings is 8. The zero-order chi connectivity index (χ0) is 62.4. The van der Waals surface area contributed by atoms with E-state index in [9.17, 15) is 26.0 Å². The van der Waals surface area contributed by atoms with Crippen LogP contribution in [0.3, 0.4) is 0 Å². The first kappa shape index (κ1) is 62.5. The summed E-state index contributed by atoms with van der Waals surface area (Å²) in [5.41, 5.74) is 10.3. The Kier molecular flexibility index (Phi) is 20.4. The highest BCUT2D eigenvalue weighted by Gasteiger charge is 2.19. The fraction of sp³-hybridized carbons (Fsp3) is 0.200. The normalized spacial score (nSPS) is 11.3. The molecular formula is C65H59Cl2F4N13O4S. The van der Waals surface area contributed by atoms with Gasteiger partial charge >= 0.3 is 0 Å². The summed E-state index contributed by atoms with van der Waals surface area (Å²) < 4.78 is 94.3. The number of nitrogens with one attached hydrogen (secondary N) is 5. The van der Waals surface area contributed by atoms with Gasteiger partial charge in [0.15, 0.2) is 5.82 Å². The minimum atomic E-state index is -3.71. The molecule has 0 aliphatic rings. The molecule has 11 aromatic heterocycles. The van der Waals surface area contributed by atoms with Crippen molar-refractivity contribution in [1.82, 2.24) is 54.8 Å². The number of aromatic amines is 3. The SMILES string of the molecule is CCCS(=O)(=O)Nc1ccc(F)c(CNc2ccc(Cc3c[nH]c4ncc(Cl)cc34)cn2)c1F.COc1ccc(CCc2ccc(Cc3c[nH]c4ncc(Cl)cc34)c(F)n2)cn1.COc1ccc(CCc2ccc(Cc3c[nH]c4ncccc34)c(F)n2)cn1. The Morgan fingerprint density at radius 3 is 1.57 bits per heavy atom. The number of aryl methyl sites for hydroxylation is 4. The number of nitrogens with zero attached hydrogens (tertiary/aromatic N) is 8. The van der Waals surface area contributed by atoms with Gasteiger partial charge in [0.05, 0.1) is 35.7 Å². The van der Waals surface area contributed by atoms with E-state index in [4.69, 9.17) is 32.7 Å². The number of fused-ring (bicyclic) bond motifs is 3. The van der Waals surface area contributed by atoms with Gasteiger partial charge in [-0.25, -0.2) is 57.1 Å². The molecule has 17 nitrogen and oxygen atoms in total. The summed E-state index contributed by atoms with van der Waals surface area (Å²) in [6, 6.07) is 28.1. The molecule has 0 aliphatic heterocycles. The molecule has 12 rings (SSSR count). The molecule has 0 unspecified atom stereocenters. The van der Waals surface area contributed by atoms with Crippen LogP contribution in [0.2, 0.25) is 10.0 Å². The molecular weight excluding hydrogens is 1210 g/mol. The van der Waals surface area contributed by atoms with Gasteiger partial charge in [0, 0.05) is 138 Å². The zero-order valence-corrected chi connectivity index (χ0v) is 50.7. The Bertz CT molecular complexity index is 4500. The number of ether oxygens (including phenoxy) is 2. The van der Waals surface area contributed by atoms with Crippen molar-refractivity contribution in [2.24, 2.45) is 0 Å². The molecule has 24 heteroatoms. The molecule has 5 N–H and O–H groups in total. The third kappa shape index (κ3) is 16.4. The number of hydrogen-bond donors (Lipinski definition) is 5. The van der Waals surface area contributed by atoms with Gasteiger partial charge in [-0.3, -0.25) is 4.72 Å². The number of aromatic nitrogens is 11. The molecule has 0 saturated carbocycles. The lowest BCUT2D eigenvalue weighted by molar-refractivity contribution is 0.397. The third-order valence-corrected chi connectivity index (χ3v) is 16.3. The first-order valence-corrected chi connectivity index (χ1v) is 30.6. The van der Waals surface area contributed by atoms with Gasteiger partial charge in [-0.2, -0.15) is 8.78 Å². The Hall–Kier alpha value is -9.51. The van der Waals surface area contributed by atoms with Gasteiger partial charge in [-0.05, 0) is 120 Å². The number of halogens is 6. The Balaban J connectivity index is 0.000000148. The number of rotatable bonds is 21. The second-order valence-corrected chi connectivity index (χ2v) is 23.3. The van der Waals surface area contributed by atoms with Crippen molar-refractivity contribution >= 4 is 77.8 Å². The summed E-state index contributed by atoms with van der Waals surface area (Å²) in [5.74, 6) is -1.19. The number of methoxy groups -OCH3 is 2. The standard InChI is InChI=1S/C23H22ClF2N5O2S.C21H18ClFN4O.C21H19FN4O/c1-2-7-34(32,33)31-20-5-4-19(25)18(22(20)26)13-28-21-6-3-14(10-27-21)8-15-11-29-23-17(15)9-16(24)12-30-23;1-28-19-7-3-13(10-24-19)2-5-17-6-4-14(20(23)27-17)8-15-11-25-21-18(15)9-16(22)12-26-21;1-27-19-9-5-14(12-24-19)4-7-17-8-6-15(20(22)26-17)11-16-13-25-21-18(16)3-2-10-23-21/h3-6,9-12,31H,2,7-8,13H2,1H3,(H,27,28)(H,29,30);3-4,6-7,9-12H,2,5,8H2,1H3,(H,25,26);2-3,5-6,8-10,12-13H,4,7,11H2,1H3,(H,23,25). The molecule has 456 valence electrons. The molecule has 0 spiro atoms. The molecule has 1 aromatic carbocycles. The van der Waals surface area contributed by atoms with Crippen molar-refractivity contribution in [3.63, 3.8) is 0 Å². The minimum Gasteiger partial charge on any atom is -0.481 e. The first-order chi connectivity index (χ1) is 43.1. The van der Waals surface area contributed by atoms with Crippen molar-refractivity contribution in [2.45, 2.75) is 64.8 Å². The van der Waals surface area contributed by atoms with Gasteiger partial charge in [0.25, 0.3) is 0 Å². The summed E-state index contributed by atoms with van der Waals surface area (Å²) in [6.45, 7) is 1.49. The van der Waals surface area contributed by atoms with E-state index >= 15 is 0 Å². The van der Waals surface area contributed by atoms with E-state index in [-0.39, 0.29) is 23.5 Å². The van der Waals surface area contributed by atoms with Crippen molar-refractivity contribution in [3.05, 3.63) is 248 Å². The highest BCUT2D eigenvalue weighted by molar-refractivity contribution is 7.92. The van der Waals surface area contributed by atoms with Gasteiger partial charge in [-0.15, -0.1) is 0 Å². The lowest BCUT2D eigenvalue weighted by atomic mass is 10.0. The lowest BCUT2D eigenvalue weighted by Gasteiger charge is -2.13. The third-order valence-electron chi connectivity index (χ3n) is 14.4. The Morgan fingerprint density at radius 1 is 0.539 bits per heavy atom. The summed E-state index contributed by atoms with van der Waals surface area (Å²) in [5, 5.41) is 6.80. The summed E-state index contributed by atoms with van der Waals surface area (Å²) in [6.07, 6.45) is 20.3. The fourth-order valence-corrected chi connectivity index (χ4v) is 11.2. The second-order valence-electron chi connectivity index (χ2n) is 20.6. The average Bonchev–Trinajstić information content (AvgIpc) is 2.54. The van der Waals surface area contributed by atoms with Crippen LogP contribution in [0.4, 0.5) is 29.1 Å². The number of hydrogen-bond acceptors (Lipinski definition) is 13. The van der Waals surface area contributed by atoms with Crippen LogP contribution in [-0.2, 0) is 61.5 Å². The molecule has 89 heavy (non-hydrogen) atoms. The molecule has 0 amide bonds. The van der Waals surface area contributed by atoms with Crippen LogP contribution < -0.4 is 19.5 Å². The van der Waals surface area contributed by atoms with E-state index < -0.39 is 33.6 Å². The maximum atomic E-state index is 14.8. The molecule has 0 atom stereocenters. The second kappa shape index (κ2) is 29.0. The lowest BCUT2D eigenvalue weighted by Crippen LogP contribution is -2.18. The maximum absolute atomic E-state index is 14.8. The van der Waals surface area contributed by atoms with E-state index in [0.717, 1.165) is 97.1 Å². The topological polar surface area (TPSA) is 227 Å². The van der Waals surface area contributed by atoms with Crippen LogP contribution in [0.25, 0.3) is 33.1 Å². The largest absolute Gasteiger partial charge is 0.481 e. The quantitative estimate of drug-likeness (QED) is 0.0334.